The van der Waals surface area contributed by atoms with Crippen LogP contribution in [0.4, 0.5) is 0 Å². The lowest BCUT2D eigenvalue weighted by molar-refractivity contribution is 0.468. The van der Waals surface area contributed by atoms with Gasteiger partial charge in [-0.1, -0.05) is 31.2 Å². The van der Waals surface area contributed by atoms with Crippen molar-refractivity contribution < 1.29 is 0 Å². The molecular weight excluding hydrogens is 266 g/mol. The van der Waals surface area contributed by atoms with E-state index in [1.165, 1.54) is 21.0 Å². The first-order valence-corrected chi connectivity index (χ1v) is 8.14. The number of fused-ring (bicyclic) bond motifs is 1. The summed E-state index contributed by atoms with van der Waals surface area (Å²) in [5.41, 5.74) is 2.93. The van der Waals surface area contributed by atoms with Gasteiger partial charge in [0.15, 0.2) is 0 Å². The molecule has 1 aromatic carbocycles. The Morgan fingerprint density at radius 2 is 2.30 bits per heavy atom. The Hall–Kier alpha value is -1.23. The summed E-state index contributed by atoms with van der Waals surface area (Å²) in [4.78, 5) is 5.81. The second-order valence-electron chi connectivity index (χ2n) is 5.16. The molecule has 1 aliphatic rings. The van der Waals surface area contributed by atoms with Crippen LogP contribution >= 0.6 is 11.3 Å². The van der Waals surface area contributed by atoms with Gasteiger partial charge in [-0.3, -0.25) is 0 Å². The van der Waals surface area contributed by atoms with Crippen LogP contribution in [-0.2, 0) is 19.4 Å². The van der Waals surface area contributed by atoms with Crippen LogP contribution in [0.1, 0.15) is 34.0 Å². The first-order valence-electron chi connectivity index (χ1n) is 7.32. The van der Waals surface area contributed by atoms with Gasteiger partial charge in [-0.05, 0) is 30.5 Å². The second kappa shape index (κ2) is 6.48. The molecule has 0 aliphatic carbocycles. The summed E-state index contributed by atoms with van der Waals surface area (Å²) in [6, 6.07) is 9.18. The van der Waals surface area contributed by atoms with Crippen molar-refractivity contribution in [1.82, 2.24) is 15.6 Å². The van der Waals surface area contributed by atoms with E-state index in [0.29, 0.717) is 6.04 Å². The monoisotopic (exact) mass is 287 g/mol. The Balaban J connectivity index is 1.57. The van der Waals surface area contributed by atoms with Crippen molar-refractivity contribution in [2.75, 3.05) is 13.1 Å². The number of nitrogens with one attached hydrogen (secondary N) is 2. The molecule has 2 N–H and O–H groups in total. The fourth-order valence-corrected chi connectivity index (χ4v) is 3.52. The lowest BCUT2D eigenvalue weighted by Gasteiger charge is -2.27. The number of hydrogen-bond acceptors (Lipinski definition) is 4. The third kappa shape index (κ3) is 3.08. The van der Waals surface area contributed by atoms with E-state index >= 15 is 0 Å². The van der Waals surface area contributed by atoms with Gasteiger partial charge in [0.2, 0.25) is 0 Å². The largest absolute Gasteiger partial charge is 0.309 e. The number of aromatic nitrogens is 1. The highest BCUT2D eigenvalue weighted by Crippen LogP contribution is 2.22. The van der Waals surface area contributed by atoms with Crippen molar-refractivity contribution in [2.45, 2.75) is 32.4 Å². The molecule has 4 heteroatoms. The van der Waals surface area contributed by atoms with Crippen LogP contribution in [0, 0.1) is 0 Å². The van der Waals surface area contributed by atoms with Gasteiger partial charge in [0, 0.05) is 30.2 Å². The van der Waals surface area contributed by atoms with E-state index in [-0.39, 0.29) is 0 Å². The van der Waals surface area contributed by atoms with Gasteiger partial charge < -0.3 is 10.6 Å². The molecule has 1 atom stereocenters. The smallest absolute Gasteiger partial charge is 0.107 e. The zero-order chi connectivity index (χ0) is 13.8. The first-order chi connectivity index (χ1) is 9.86. The Morgan fingerprint density at radius 3 is 3.15 bits per heavy atom. The lowest BCUT2D eigenvalue weighted by atomic mass is 9.94. The predicted octanol–water partition coefficient (Wildman–Crippen LogP) is 2.68. The van der Waals surface area contributed by atoms with E-state index in [4.69, 9.17) is 0 Å². The van der Waals surface area contributed by atoms with Crippen molar-refractivity contribution in [1.29, 1.82) is 0 Å². The van der Waals surface area contributed by atoms with Crippen LogP contribution in [0.15, 0.2) is 30.5 Å². The van der Waals surface area contributed by atoms with Gasteiger partial charge in [-0.2, -0.15) is 0 Å². The summed E-state index contributed by atoms with van der Waals surface area (Å²) in [5.74, 6) is 0. The minimum Gasteiger partial charge on any atom is -0.309 e. The molecule has 2 heterocycles. The average molecular weight is 287 g/mol. The molecule has 0 saturated carbocycles. The molecule has 1 unspecified atom stereocenters. The van der Waals surface area contributed by atoms with Gasteiger partial charge >= 0.3 is 0 Å². The summed E-state index contributed by atoms with van der Waals surface area (Å²) in [6.07, 6.45) is 4.21. The van der Waals surface area contributed by atoms with Crippen LogP contribution in [0.2, 0.25) is 0 Å². The highest BCUT2D eigenvalue weighted by Gasteiger charge is 2.18. The standard InChI is InChI=1S/C16H21N3S/c1-2-13-9-19-16(20-13)11-17-10-15-14-6-4-3-5-12(14)7-8-18-15/h3-6,9,15,17-18H,2,7-8,10-11H2,1H3. The number of hydrogen-bond donors (Lipinski definition) is 2. The predicted molar refractivity (Wildman–Crippen MR) is 84.1 cm³/mol. The number of benzene rings is 1. The van der Waals surface area contributed by atoms with Gasteiger partial charge in [-0.15, -0.1) is 11.3 Å². The highest BCUT2D eigenvalue weighted by molar-refractivity contribution is 7.11. The molecule has 0 saturated heterocycles. The molecule has 3 nitrogen and oxygen atoms in total. The van der Waals surface area contributed by atoms with Crippen molar-refractivity contribution in [2.24, 2.45) is 0 Å². The van der Waals surface area contributed by atoms with Gasteiger partial charge in [0.25, 0.3) is 0 Å². The SMILES string of the molecule is CCc1cnc(CNCC2NCCc3ccccc32)s1. The quantitative estimate of drug-likeness (QED) is 0.888. The summed E-state index contributed by atoms with van der Waals surface area (Å²) in [7, 11) is 0. The maximum absolute atomic E-state index is 4.45. The maximum atomic E-state index is 4.45. The van der Waals surface area contributed by atoms with Crippen molar-refractivity contribution in [3.05, 3.63) is 51.5 Å². The summed E-state index contributed by atoms with van der Waals surface area (Å²) < 4.78 is 0. The first kappa shape index (κ1) is 13.7. The summed E-state index contributed by atoms with van der Waals surface area (Å²) in [6.45, 7) is 5.07. The Morgan fingerprint density at radius 1 is 1.40 bits per heavy atom. The molecule has 1 aromatic heterocycles. The number of aryl methyl sites for hydroxylation is 1. The number of nitrogens with zero attached hydrogens (tertiary/aromatic N) is 1. The van der Waals surface area contributed by atoms with E-state index in [0.717, 1.165) is 32.5 Å². The molecule has 106 valence electrons. The van der Waals surface area contributed by atoms with Crippen LogP contribution in [0.5, 0.6) is 0 Å². The van der Waals surface area contributed by atoms with Crippen LogP contribution in [0.25, 0.3) is 0 Å². The zero-order valence-electron chi connectivity index (χ0n) is 11.9. The summed E-state index contributed by atoms with van der Waals surface area (Å²) >= 11 is 1.81. The Kier molecular flexibility index (Phi) is 4.45. The van der Waals surface area contributed by atoms with Gasteiger partial charge in [-0.25, -0.2) is 4.98 Å². The molecule has 20 heavy (non-hydrogen) atoms. The molecule has 0 fully saturated rings. The van der Waals surface area contributed by atoms with Crippen molar-refractivity contribution in [3.8, 4) is 0 Å². The molecule has 0 spiro atoms. The Labute approximate surface area is 124 Å². The molecule has 0 amide bonds. The minimum absolute atomic E-state index is 0.422. The van der Waals surface area contributed by atoms with Crippen molar-refractivity contribution in [3.63, 3.8) is 0 Å². The highest BCUT2D eigenvalue weighted by atomic mass is 32.1. The maximum Gasteiger partial charge on any atom is 0.107 e. The lowest BCUT2D eigenvalue weighted by Crippen LogP contribution is -2.36. The molecule has 3 rings (SSSR count). The average Bonchev–Trinajstić information content (AvgIpc) is 2.95. The normalized spacial score (nSPS) is 17.9. The van der Waals surface area contributed by atoms with E-state index in [1.54, 1.807) is 0 Å². The van der Waals surface area contributed by atoms with E-state index < -0.39 is 0 Å². The number of rotatable bonds is 5. The molecule has 0 bridgehead atoms. The van der Waals surface area contributed by atoms with Gasteiger partial charge in [0.05, 0.1) is 0 Å². The summed E-state index contributed by atoms with van der Waals surface area (Å²) in [5, 5.41) is 8.32. The van der Waals surface area contributed by atoms with Crippen LogP contribution in [-0.4, -0.2) is 18.1 Å². The Bertz CT molecular complexity index is 564. The molecular formula is C16H21N3S. The zero-order valence-corrected chi connectivity index (χ0v) is 12.7. The topological polar surface area (TPSA) is 37.0 Å². The van der Waals surface area contributed by atoms with Crippen LogP contribution < -0.4 is 10.6 Å². The van der Waals surface area contributed by atoms with E-state index in [9.17, 15) is 0 Å². The van der Waals surface area contributed by atoms with Gasteiger partial charge in [0.1, 0.15) is 5.01 Å². The van der Waals surface area contributed by atoms with E-state index in [2.05, 4.69) is 46.8 Å². The molecule has 2 aromatic rings. The van der Waals surface area contributed by atoms with E-state index in [1.807, 2.05) is 17.5 Å². The minimum atomic E-state index is 0.422. The third-order valence-corrected chi connectivity index (χ3v) is 4.93. The fraction of sp³-hybridized carbons (Fsp3) is 0.438. The molecule has 0 radical (unpaired) electrons. The van der Waals surface area contributed by atoms with Crippen LogP contribution in [0.3, 0.4) is 0 Å². The fourth-order valence-electron chi connectivity index (χ4n) is 2.69. The number of thiazole rings is 1. The molecule has 1 aliphatic heterocycles. The second-order valence-corrected chi connectivity index (χ2v) is 6.36. The third-order valence-electron chi connectivity index (χ3n) is 3.79. The van der Waals surface area contributed by atoms with Crippen molar-refractivity contribution >= 4 is 11.3 Å².